The zero-order valence-electron chi connectivity index (χ0n) is 14.7. The third-order valence-electron chi connectivity index (χ3n) is 3.76. The second-order valence-electron chi connectivity index (χ2n) is 6.00. The summed E-state index contributed by atoms with van der Waals surface area (Å²) in [4.78, 5) is 20.9. The van der Waals surface area contributed by atoms with Crippen molar-refractivity contribution in [1.82, 2.24) is 14.8 Å². The summed E-state index contributed by atoms with van der Waals surface area (Å²) in [6.07, 6.45) is 3.38. The first kappa shape index (κ1) is 17.9. The van der Waals surface area contributed by atoms with Crippen LogP contribution < -0.4 is 5.32 Å². The van der Waals surface area contributed by atoms with Gasteiger partial charge in [0.15, 0.2) is 0 Å². The van der Waals surface area contributed by atoms with Crippen LogP contribution in [0.5, 0.6) is 0 Å². The van der Waals surface area contributed by atoms with Crippen LogP contribution >= 0.6 is 0 Å². The van der Waals surface area contributed by atoms with E-state index in [1.165, 1.54) is 0 Å². The molecule has 0 radical (unpaired) electrons. The van der Waals surface area contributed by atoms with Gasteiger partial charge >= 0.3 is 0 Å². The zero-order valence-corrected chi connectivity index (χ0v) is 14.7. The van der Waals surface area contributed by atoms with Crippen LogP contribution in [0.3, 0.4) is 0 Å². The molecular weight excluding hydrogens is 300 g/mol. The van der Waals surface area contributed by atoms with Gasteiger partial charge in [0.05, 0.1) is 11.3 Å². The van der Waals surface area contributed by atoms with E-state index < -0.39 is 0 Å². The van der Waals surface area contributed by atoms with Crippen LogP contribution in [-0.2, 0) is 6.54 Å². The fourth-order valence-electron chi connectivity index (χ4n) is 2.39. The van der Waals surface area contributed by atoms with Gasteiger partial charge in [-0.05, 0) is 32.6 Å². The van der Waals surface area contributed by atoms with Gasteiger partial charge in [-0.1, -0.05) is 30.3 Å². The van der Waals surface area contributed by atoms with Gasteiger partial charge in [-0.15, -0.1) is 0 Å². The van der Waals surface area contributed by atoms with Crippen LogP contribution in [0.1, 0.15) is 22.8 Å². The standard InChI is InChI=1S/C19H26N4O/c1-4-23(15-16-8-6-5-7-9-16)19(24)17-12-18(14-20-13-17)21-10-11-22(2)3/h5-9,12-14,21H,4,10-11,15H2,1-3H3. The van der Waals surface area contributed by atoms with Crippen molar-refractivity contribution in [3.8, 4) is 0 Å². The molecule has 2 rings (SSSR count). The summed E-state index contributed by atoms with van der Waals surface area (Å²) < 4.78 is 0. The number of carbonyl (C=O) groups is 1. The second kappa shape index (κ2) is 9.03. The average molecular weight is 326 g/mol. The van der Waals surface area contributed by atoms with Crippen molar-refractivity contribution in [1.29, 1.82) is 0 Å². The largest absolute Gasteiger partial charge is 0.382 e. The predicted molar refractivity (Wildman–Crippen MR) is 98.1 cm³/mol. The van der Waals surface area contributed by atoms with E-state index in [1.807, 2.05) is 62.3 Å². The molecule has 1 aromatic heterocycles. The van der Waals surface area contributed by atoms with Gasteiger partial charge < -0.3 is 15.1 Å². The molecule has 0 aliphatic rings. The minimum Gasteiger partial charge on any atom is -0.382 e. The van der Waals surface area contributed by atoms with Crippen LogP contribution in [0, 0.1) is 0 Å². The summed E-state index contributed by atoms with van der Waals surface area (Å²) in [5.74, 6) is 0.00473. The molecule has 5 nitrogen and oxygen atoms in total. The Morgan fingerprint density at radius 1 is 1.17 bits per heavy atom. The lowest BCUT2D eigenvalue weighted by atomic mass is 10.2. The maximum Gasteiger partial charge on any atom is 0.255 e. The highest BCUT2D eigenvalue weighted by Gasteiger charge is 2.15. The number of nitrogens with one attached hydrogen (secondary N) is 1. The van der Waals surface area contributed by atoms with Crippen LogP contribution in [0.2, 0.25) is 0 Å². The van der Waals surface area contributed by atoms with Gasteiger partial charge in [-0.3, -0.25) is 9.78 Å². The van der Waals surface area contributed by atoms with Crippen molar-refractivity contribution in [3.63, 3.8) is 0 Å². The van der Waals surface area contributed by atoms with Gasteiger partial charge in [-0.2, -0.15) is 0 Å². The van der Waals surface area contributed by atoms with Crippen molar-refractivity contribution >= 4 is 11.6 Å². The van der Waals surface area contributed by atoms with Gasteiger partial charge in [0.25, 0.3) is 5.91 Å². The molecular formula is C19H26N4O. The second-order valence-corrected chi connectivity index (χ2v) is 6.00. The third-order valence-corrected chi connectivity index (χ3v) is 3.76. The average Bonchev–Trinajstić information content (AvgIpc) is 2.60. The molecule has 0 fully saturated rings. The van der Waals surface area contributed by atoms with Crippen molar-refractivity contribution < 1.29 is 4.79 Å². The van der Waals surface area contributed by atoms with Crippen LogP contribution in [0.4, 0.5) is 5.69 Å². The summed E-state index contributed by atoms with van der Waals surface area (Å²) in [5.41, 5.74) is 2.61. The molecule has 128 valence electrons. The Morgan fingerprint density at radius 3 is 2.58 bits per heavy atom. The molecule has 1 N–H and O–H groups in total. The van der Waals surface area contributed by atoms with Crippen LogP contribution in [-0.4, -0.2) is 54.4 Å². The summed E-state index contributed by atoms with van der Waals surface area (Å²) in [7, 11) is 4.06. The van der Waals surface area contributed by atoms with E-state index in [1.54, 1.807) is 12.4 Å². The summed E-state index contributed by atoms with van der Waals surface area (Å²) in [5, 5.41) is 3.30. The van der Waals surface area contributed by atoms with Crippen LogP contribution in [0.25, 0.3) is 0 Å². The summed E-state index contributed by atoms with van der Waals surface area (Å²) in [6, 6.07) is 11.9. The van der Waals surface area contributed by atoms with Crippen molar-refractivity contribution in [3.05, 3.63) is 59.9 Å². The van der Waals surface area contributed by atoms with Gasteiger partial charge in [0, 0.05) is 38.6 Å². The fourth-order valence-corrected chi connectivity index (χ4v) is 2.39. The molecule has 0 aliphatic carbocycles. The molecule has 24 heavy (non-hydrogen) atoms. The summed E-state index contributed by atoms with van der Waals surface area (Å²) >= 11 is 0. The normalized spacial score (nSPS) is 10.7. The number of benzene rings is 1. The highest BCUT2D eigenvalue weighted by Crippen LogP contribution is 2.13. The molecule has 0 saturated heterocycles. The third kappa shape index (κ3) is 5.35. The highest BCUT2D eigenvalue weighted by molar-refractivity contribution is 5.94. The van der Waals surface area contributed by atoms with Crippen molar-refractivity contribution in [2.24, 2.45) is 0 Å². The number of rotatable bonds is 8. The van der Waals surface area contributed by atoms with E-state index in [9.17, 15) is 4.79 Å². The number of aromatic nitrogens is 1. The van der Waals surface area contributed by atoms with E-state index >= 15 is 0 Å². The number of carbonyl (C=O) groups excluding carboxylic acids is 1. The minimum absolute atomic E-state index is 0.00473. The van der Waals surface area contributed by atoms with E-state index in [0.29, 0.717) is 18.7 Å². The number of nitrogens with zero attached hydrogens (tertiary/aromatic N) is 3. The fraction of sp³-hybridized carbons (Fsp3) is 0.368. The van der Waals surface area contributed by atoms with Crippen molar-refractivity contribution in [2.75, 3.05) is 39.0 Å². The van der Waals surface area contributed by atoms with Gasteiger partial charge in [0.2, 0.25) is 0 Å². The number of pyridine rings is 1. The molecule has 0 bridgehead atoms. The molecule has 5 heteroatoms. The lowest BCUT2D eigenvalue weighted by molar-refractivity contribution is 0.0752. The molecule has 1 amide bonds. The molecule has 0 unspecified atom stereocenters. The minimum atomic E-state index is 0.00473. The molecule has 1 aromatic carbocycles. The first-order valence-corrected chi connectivity index (χ1v) is 8.27. The smallest absolute Gasteiger partial charge is 0.255 e. The number of hydrogen-bond acceptors (Lipinski definition) is 4. The Bertz CT molecular complexity index is 643. The number of likely N-dealkylation sites (N-methyl/N-ethyl adjacent to an activating group) is 1. The van der Waals surface area contributed by atoms with E-state index in [0.717, 1.165) is 24.3 Å². The summed E-state index contributed by atoms with van der Waals surface area (Å²) in [6.45, 7) is 5.00. The Labute approximate surface area is 144 Å². The first-order chi connectivity index (χ1) is 11.6. The molecule has 0 aliphatic heterocycles. The molecule has 0 saturated carbocycles. The lowest BCUT2D eigenvalue weighted by Gasteiger charge is -2.21. The van der Waals surface area contributed by atoms with E-state index in [-0.39, 0.29) is 5.91 Å². The van der Waals surface area contributed by atoms with Crippen LogP contribution in [0.15, 0.2) is 48.8 Å². The Kier molecular flexibility index (Phi) is 6.75. The SMILES string of the molecule is CCN(Cc1ccccc1)C(=O)c1cncc(NCCN(C)C)c1. The highest BCUT2D eigenvalue weighted by atomic mass is 16.2. The quantitative estimate of drug-likeness (QED) is 0.810. The van der Waals surface area contributed by atoms with Crippen molar-refractivity contribution in [2.45, 2.75) is 13.5 Å². The van der Waals surface area contributed by atoms with Gasteiger partial charge in [0.1, 0.15) is 0 Å². The molecule has 0 spiro atoms. The van der Waals surface area contributed by atoms with E-state index in [2.05, 4.69) is 15.2 Å². The predicted octanol–water partition coefficient (Wildman–Crippen LogP) is 2.72. The monoisotopic (exact) mass is 326 g/mol. The Hall–Kier alpha value is -2.40. The zero-order chi connectivity index (χ0) is 17.4. The van der Waals surface area contributed by atoms with E-state index in [4.69, 9.17) is 0 Å². The molecule has 1 heterocycles. The number of anilines is 1. The first-order valence-electron chi connectivity index (χ1n) is 8.27. The maximum atomic E-state index is 12.8. The van der Waals surface area contributed by atoms with Gasteiger partial charge in [-0.25, -0.2) is 0 Å². The Morgan fingerprint density at radius 2 is 1.92 bits per heavy atom. The maximum absolute atomic E-state index is 12.8. The number of amides is 1. The molecule has 0 atom stereocenters. The molecule has 2 aromatic rings. The number of hydrogen-bond donors (Lipinski definition) is 1. The topological polar surface area (TPSA) is 48.5 Å². The Balaban J connectivity index is 2.04. The lowest BCUT2D eigenvalue weighted by Crippen LogP contribution is -2.30.